The Balaban J connectivity index is 2.16. The number of rotatable bonds is 5. The maximum absolute atomic E-state index is 12.9. The maximum atomic E-state index is 12.9. The molecule has 5 heteroatoms. The van der Waals surface area contributed by atoms with Crippen molar-refractivity contribution in [3.63, 3.8) is 0 Å². The van der Waals surface area contributed by atoms with E-state index in [-0.39, 0.29) is 18.3 Å². The molecule has 0 aliphatic carbocycles. The van der Waals surface area contributed by atoms with Gasteiger partial charge in [-0.05, 0) is 24.6 Å². The van der Waals surface area contributed by atoms with Gasteiger partial charge in [0.25, 0.3) is 5.91 Å². The Hall–Kier alpha value is -2.61. The minimum Gasteiger partial charge on any atom is -0.323 e. The first-order valence-electron chi connectivity index (χ1n) is 6.63. The summed E-state index contributed by atoms with van der Waals surface area (Å²) in [5, 5.41) is 4.08. The van der Waals surface area contributed by atoms with Gasteiger partial charge >= 0.3 is 0 Å². The monoisotopic (exact) mass is 285 g/mol. The lowest BCUT2D eigenvalue weighted by atomic mass is 10.2. The third kappa shape index (κ3) is 3.69. The molecular weight excluding hydrogens is 269 g/mol. The van der Waals surface area contributed by atoms with Crippen molar-refractivity contribution in [2.24, 2.45) is 0 Å². The van der Waals surface area contributed by atoms with Crippen molar-refractivity contribution < 1.29 is 9.18 Å². The van der Waals surface area contributed by atoms with E-state index in [9.17, 15) is 9.18 Å². The summed E-state index contributed by atoms with van der Waals surface area (Å²) in [4.78, 5) is 14.0. The number of aromatic nitrogens is 2. The number of benzene rings is 1. The molecule has 1 heterocycles. The lowest BCUT2D eigenvalue weighted by Crippen LogP contribution is -2.30. The number of amides is 1. The van der Waals surface area contributed by atoms with E-state index < -0.39 is 0 Å². The number of carbonyl (C=O) groups is 1. The van der Waals surface area contributed by atoms with Crippen LogP contribution >= 0.6 is 0 Å². The SMILES string of the molecule is C#CCN(Cc1ccc(F)cc1)C(=O)c1cnn(CC)c1. The van der Waals surface area contributed by atoms with E-state index >= 15 is 0 Å². The van der Waals surface area contributed by atoms with E-state index in [1.165, 1.54) is 23.2 Å². The molecule has 2 aromatic rings. The number of terminal acetylenes is 1. The van der Waals surface area contributed by atoms with Gasteiger partial charge in [-0.15, -0.1) is 6.42 Å². The molecule has 0 fully saturated rings. The van der Waals surface area contributed by atoms with Crippen LogP contribution in [0.3, 0.4) is 0 Å². The zero-order valence-corrected chi connectivity index (χ0v) is 11.8. The zero-order valence-electron chi connectivity index (χ0n) is 11.8. The predicted octanol–water partition coefficient (Wildman–Crippen LogP) is 2.32. The summed E-state index contributed by atoms with van der Waals surface area (Å²) < 4.78 is 14.6. The van der Waals surface area contributed by atoms with Crippen molar-refractivity contribution in [1.82, 2.24) is 14.7 Å². The summed E-state index contributed by atoms with van der Waals surface area (Å²) in [5.41, 5.74) is 1.32. The quantitative estimate of drug-likeness (QED) is 0.791. The number of halogens is 1. The Kier molecular flexibility index (Phi) is 4.72. The van der Waals surface area contributed by atoms with Gasteiger partial charge in [0.2, 0.25) is 0 Å². The summed E-state index contributed by atoms with van der Waals surface area (Å²) in [6, 6.07) is 6.01. The van der Waals surface area contributed by atoms with Gasteiger partial charge in [0.05, 0.1) is 18.3 Å². The molecule has 0 unspecified atom stereocenters. The van der Waals surface area contributed by atoms with E-state index in [0.29, 0.717) is 18.7 Å². The number of hydrogen-bond acceptors (Lipinski definition) is 2. The molecule has 4 nitrogen and oxygen atoms in total. The van der Waals surface area contributed by atoms with Gasteiger partial charge in [-0.2, -0.15) is 5.10 Å². The molecule has 0 bridgehead atoms. The largest absolute Gasteiger partial charge is 0.323 e. The van der Waals surface area contributed by atoms with Crippen LogP contribution < -0.4 is 0 Å². The Morgan fingerprint density at radius 3 is 2.71 bits per heavy atom. The van der Waals surface area contributed by atoms with Gasteiger partial charge in [-0.1, -0.05) is 18.1 Å². The van der Waals surface area contributed by atoms with Crippen molar-refractivity contribution in [3.05, 3.63) is 53.6 Å². The van der Waals surface area contributed by atoms with Crippen LogP contribution in [-0.2, 0) is 13.1 Å². The normalized spacial score (nSPS) is 10.1. The topological polar surface area (TPSA) is 38.1 Å². The Morgan fingerprint density at radius 2 is 2.14 bits per heavy atom. The molecule has 0 saturated heterocycles. The molecule has 2 rings (SSSR count). The molecule has 0 aliphatic heterocycles. The summed E-state index contributed by atoms with van der Waals surface area (Å²) in [6.07, 6.45) is 8.55. The third-order valence-electron chi connectivity index (χ3n) is 3.06. The Morgan fingerprint density at radius 1 is 1.43 bits per heavy atom. The molecule has 21 heavy (non-hydrogen) atoms. The number of hydrogen-bond donors (Lipinski definition) is 0. The molecule has 0 saturated carbocycles. The minimum atomic E-state index is -0.308. The van der Waals surface area contributed by atoms with E-state index in [1.807, 2.05) is 6.92 Å². The summed E-state index contributed by atoms with van der Waals surface area (Å²) in [6.45, 7) is 3.16. The fourth-order valence-corrected chi connectivity index (χ4v) is 1.95. The van der Waals surface area contributed by atoms with Crippen LogP contribution in [0, 0.1) is 18.2 Å². The van der Waals surface area contributed by atoms with Gasteiger partial charge in [0.15, 0.2) is 0 Å². The maximum Gasteiger partial charge on any atom is 0.258 e. The second-order valence-corrected chi connectivity index (χ2v) is 4.58. The van der Waals surface area contributed by atoms with Crippen molar-refractivity contribution in [1.29, 1.82) is 0 Å². The van der Waals surface area contributed by atoms with Crippen molar-refractivity contribution in [3.8, 4) is 12.3 Å². The lowest BCUT2D eigenvalue weighted by Gasteiger charge is -2.19. The van der Waals surface area contributed by atoms with Gasteiger partial charge < -0.3 is 4.90 Å². The molecule has 1 aromatic heterocycles. The van der Waals surface area contributed by atoms with Crippen LogP contribution in [0.5, 0.6) is 0 Å². The standard InChI is InChI=1S/C16H16FN3O/c1-3-9-19(11-13-5-7-15(17)8-6-13)16(21)14-10-18-20(4-2)12-14/h1,5-8,10,12H,4,9,11H2,2H3. The van der Waals surface area contributed by atoms with Crippen LogP contribution in [0.25, 0.3) is 0 Å². The molecular formula is C16H16FN3O. The van der Waals surface area contributed by atoms with Gasteiger partial charge in [0, 0.05) is 19.3 Å². The van der Waals surface area contributed by atoms with E-state index in [1.54, 1.807) is 23.0 Å². The van der Waals surface area contributed by atoms with E-state index in [0.717, 1.165) is 5.56 Å². The third-order valence-corrected chi connectivity index (χ3v) is 3.06. The minimum absolute atomic E-state index is 0.183. The predicted molar refractivity (Wildman–Crippen MR) is 77.9 cm³/mol. The van der Waals surface area contributed by atoms with Gasteiger partial charge in [-0.25, -0.2) is 4.39 Å². The molecule has 0 N–H and O–H groups in total. The number of carbonyl (C=O) groups excluding carboxylic acids is 1. The molecule has 0 radical (unpaired) electrons. The second kappa shape index (κ2) is 6.71. The van der Waals surface area contributed by atoms with Crippen LogP contribution in [-0.4, -0.2) is 27.1 Å². The van der Waals surface area contributed by atoms with E-state index in [4.69, 9.17) is 6.42 Å². The molecule has 1 amide bonds. The summed E-state index contributed by atoms with van der Waals surface area (Å²) in [7, 11) is 0. The average molecular weight is 285 g/mol. The summed E-state index contributed by atoms with van der Waals surface area (Å²) >= 11 is 0. The van der Waals surface area contributed by atoms with Crippen molar-refractivity contribution in [2.45, 2.75) is 20.0 Å². The molecule has 0 atom stereocenters. The molecule has 0 aliphatic rings. The number of nitrogens with zero attached hydrogens (tertiary/aromatic N) is 3. The first-order valence-corrected chi connectivity index (χ1v) is 6.63. The molecule has 0 spiro atoms. The Bertz CT molecular complexity index is 655. The van der Waals surface area contributed by atoms with Crippen LogP contribution in [0.15, 0.2) is 36.7 Å². The van der Waals surface area contributed by atoms with Crippen molar-refractivity contribution >= 4 is 5.91 Å². The van der Waals surface area contributed by atoms with Crippen LogP contribution in [0.4, 0.5) is 4.39 Å². The smallest absolute Gasteiger partial charge is 0.258 e. The highest BCUT2D eigenvalue weighted by molar-refractivity contribution is 5.93. The molecule has 1 aromatic carbocycles. The van der Waals surface area contributed by atoms with E-state index in [2.05, 4.69) is 11.0 Å². The van der Waals surface area contributed by atoms with Crippen LogP contribution in [0.1, 0.15) is 22.8 Å². The van der Waals surface area contributed by atoms with Crippen LogP contribution in [0.2, 0.25) is 0 Å². The molecule has 108 valence electrons. The average Bonchev–Trinajstić information content (AvgIpc) is 2.97. The van der Waals surface area contributed by atoms with Crippen molar-refractivity contribution in [2.75, 3.05) is 6.54 Å². The fourth-order valence-electron chi connectivity index (χ4n) is 1.95. The van der Waals surface area contributed by atoms with Gasteiger partial charge in [0.1, 0.15) is 5.82 Å². The highest BCUT2D eigenvalue weighted by Gasteiger charge is 2.17. The first kappa shape index (κ1) is 14.8. The fraction of sp³-hybridized carbons (Fsp3) is 0.250. The highest BCUT2D eigenvalue weighted by Crippen LogP contribution is 2.10. The van der Waals surface area contributed by atoms with Gasteiger partial charge in [-0.3, -0.25) is 9.48 Å². The zero-order chi connectivity index (χ0) is 15.2. The number of aryl methyl sites for hydroxylation is 1. The second-order valence-electron chi connectivity index (χ2n) is 4.58. The highest BCUT2D eigenvalue weighted by atomic mass is 19.1. The Labute approximate surface area is 123 Å². The first-order chi connectivity index (χ1) is 10.1. The summed E-state index contributed by atoms with van der Waals surface area (Å²) in [5.74, 6) is 1.98. The lowest BCUT2D eigenvalue weighted by molar-refractivity contribution is 0.0765.